The molecule has 0 aromatic heterocycles. The number of benzene rings is 2. The Balaban J connectivity index is 2.06. The van der Waals surface area contributed by atoms with Crippen molar-refractivity contribution in [3.63, 3.8) is 0 Å². The SMILES string of the molecule is CC1CC(C(=O)c2ccc(F)c3ccccc23)CO1. The summed E-state index contributed by atoms with van der Waals surface area (Å²) in [5.74, 6) is -0.340. The van der Waals surface area contributed by atoms with E-state index in [1.165, 1.54) is 6.07 Å². The Morgan fingerprint density at radius 2 is 1.95 bits per heavy atom. The maximum absolute atomic E-state index is 13.7. The van der Waals surface area contributed by atoms with Gasteiger partial charge in [-0.2, -0.15) is 0 Å². The molecule has 2 unspecified atom stereocenters. The van der Waals surface area contributed by atoms with Gasteiger partial charge in [0.2, 0.25) is 0 Å². The number of carbonyl (C=O) groups excluding carboxylic acids is 1. The molecule has 1 saturated heterocycles. The molecule has 2 nitrogen and oxygen atoms in total. The monoisotopic (exact) mass is 258 g/mol. The predicted molar refractivity (Wildman–Crippen MR) is 71.8 cm³/mol. The van der Waals surface area contributed by atoms with E-state index in [1.807, 2.05) is 13.0 Å². The number of carbonyl (C=O) groups is 1. The highest BCUT2D eigenvalue weighted by molar-refractivity contribution is 6.09. The number of ketones is 1. The van der Waals surface area contributed by atoms with Crippen molar-refractivity contribution in [1.82, 2.24) is 0 Å². The van der Waals surface area contributed by atoms with E-state index in [2.05, 4.69) is 0 Å². The van der Waals surface area contributed by atoms with Crippen LogP contribution in [-0.2, 0) is 4.74 Å². The summed E-state index contributed by atoms with van der Waals surface area (Å²) < 4.78 is 19.2. The van der Waals surface area contributed by atoms with Crippen LogP contribution in [0.15, 0.2) is 36.4 Å². The summed E-state index contributed by atoms with van der Waals surface area (Å²) in [4.78, 5) is 12.5. The lowest BCUT2D eigenvalue weighted by Gasteiger charge is -2.10. The van der Waals surface area contributed by atoms with E-state index in [-0.39, 0.29) is 23.6 Å². The summed E-state index contributed by atoms with van der Waals surface area (Å²) in [5.41, 5.74) is 0.597. The fraction of sp³-hybridized carbons (Fsp3) is 0.312. The third-order valence-electron chi connectivity index (χ3n) is 3.71. The standard InChI is InChI=1S/C16H15FO2/c1-10-8-11(9-19-10)16(18)14-6-7-15(17)13-5-3-2-4-12(13)14/h2-7,10-11H,8-9H2,1H3. The molecule has 0 spiro atoms. The third kappa shape index (κ3) is 2.15. The zero-order chi connectivity index (χ0) is 13.4. The fourth-order valence-electron chi connectivity index (χ4n) is 2.70. The lowest BCUT2D eigenvalue weighted by molar-refractivity contribution is 0.0879. The number of Topliss-reactive ketones (excluding diaryl/α,β-unsaturated/α-hetero) is 1. The van der Waals surface area contributed by atoms with E-state index < -0.39 is 0 Å². The Hall–Kier alpha value is -1.74. The molecule has 0 aliphatic carbocycles. The maximum Gasteiger partial charge on any atom is 0.168 e. The number of hydrogen-bond acceptors (Lipinski definition) is 2. The van der Waals surface area contributed by atoms with Gasteiger partial charge in [0, 0.05) is 16.9 Å². The zero-order valence-corrected chi connectivity index (χ0v) is 10.7. The fourth-order valence-corrected chi connectivity index (χ4v) is 2.70. The van der Waals surface area contributed by atoms with Gasteiger partial charge in [-0.1, -0.05) is 24.3 Å². The first kappa shape index (κ1) is 12.3. The quantitative estimate of drug-likeness (QED) is 0.769. The number of fused-ring (bicyclic) bond motifs is 1. The molecule has 0 bridgehead atoms. The van der Waals surface area contributed by atoms with Crippen LogP contribution in [0.2, 0.25) is 0 Å². The molecule has 1 aliphatic rings. The molecule has 0 amide bonds. The van der Waals surface area contributed by atoms with Gasteiger partial charge < -0.3 is 4.74 Å². The normalized spacial score (nSPS) is 22.8. The minimum absolute atomic E-state index is 0.0561. The molecule has 19 heavy (non-hydrogen) atoms. The Bertz CT molecular complexity index is 636. The van der Waals surface area contributed by atoms with Gasteiger partial charge in [0.25, 0.3) is 0 Å². The lowest BCUT2D eigenvalue weighted by Crippen LogP contribution is -2.15. The maximum atomic E-state index is 13.7. The summed E-state index contributed by atoms with van der Waals surface area (Å²) in [6.07, 6.45) is 0.866. The first-order valence-electron chi connectivity index (χ1n) is 6.50. The first-order chi connectivity index (χ1) is 9.16. The second kappa shape index (κ2) is 4.74. The van der Waals surface area contributed by atoms with E-state index in [9.17, 15) is 9.18 Å². The Morgan fingerprint density at radius 3 is 2.63 bits per heavy atom. The van der Waals surface area contributed by atoms with Crippen LogP contribution in [-0.4, -0.2) is 18.5 Å². The zero-order valence-electron chi connectivity index (χ0n) is 10.7. The van der Waals surface area contributed by atoms with Crippen molar-refractivity contribution in [1.29, 1.82) is 0 Å². The number of rotatable bonds is 2. The highest BCUT2D eigenvalue weighted by Crippen LogP contribution is 2.28. The van der Waals surface area contributed by atoms with Gasteiger partial charge in [0.05, 0.1) is 12.7 Å². The van der Waals surface area contributed by atoms with Crippen molar-refractivity contribution in [2.45, 2.75) is 19.4 Å². The van der Waals surface area contributed by atoms with Gasteiger partial charge >= 0.3 is 0 Å². The molecule has 98 valence electrons. The van der Waals surface area contributed by atoms with Crippen LogP contribution in [0.25, 0.3) is 10.8 Å². The van der Waals surface area contributed by atoms with Crippen molar-refractivity contribution in [2.75, 3.05) is 6.61 Å². The minimum Gasteiger partial charge on any atom is -0.378 e. The third-order valence-corrected chi connectivity index (χ3v) is 3.71. The molecular weight excluding hydrogens is 243 g/mol. The average molecular weight is 258 g/mol. The molecule has 2 aromatic carbocycles. The Labute approximate surface area is 111 Å². The molecule has 0 N–H and O–H groups in total. The molecule has 2 atom stereocenters. The van der Waals surface area contributed by atoms with Gasteiger partial charge in [0.1, 0.15) is 5.82 Å². The summed E-state index contributed by atoms with van der Waals surface area (Å²) in [6.45, 7) is 2.43. The predicted octanol–water partition coefficient (Wildman–Crippen LogP) is 3.59. The topological polar surface area (TPSA) is 26.3 Å². The van der Waals surface area contributed by atoms with E-state index in [1.54, 1.807) is 24.3 Å². The minimum atomic E-state index is -0.289. The van der Waals surface area contributed by atoms with E-state index >= 15 is 0 Å². The second-order valence-electron chi connectivity index (χ2n) is 5.08. The summed E-state index contributed by atoms with van der Waals surface area (Å²) in [5, 5.41) is 1.19. The molecule has 1 aliphatic heterocycles. The van der Waals surface area contributed by atoms with Gasteiger partial charge in [0.15, 0.2) is 5.78 Å². The van der Waals surface area contributed by atoms with Crippen molar-refractivity contribution in [3.05, 3.63) is 47.8 Å². The van der Waals surface area contributed by atoms with Crippen molar-refractivity contribution in [3.8, 4) is 0 Å². The van der Waals surface area contributed by atoms with Gasteiger partial charge in [-0.25, -0.2) is 4.39 Å². The summed E-state index contributed by atoms with van der Waals surface area (Å²) in [7, 11) is 0. The highest BCUT2D eigenvalue weighted by atomic mass is 19.1. The molecule has 0 saturated carbocycles. The number of ether oxygens (including phenoxy) is 1. The Morgan fingerprint density at radius 1 is 1.21 bits per heavy atom. The molecule has 3 rings (SSSR count). The second-order valence-corrected chi connectivity index (χ2v) is 5.08. The highest BCUT2D eigenvalue weighted by Gasteiger charge is 2.29. The van der Waals surface area contributed by atoms with Gasteiger partial charge in [-0.15, -0.1) is 0 Å². The van der Waals surface area contributed by atoms with Crippen molar-refractivity contribution in [2.24, 2.45) is 5.92 Å². The number of hydrogen-bond donors (Lipinski definition) is 0. The molecule has 1 fully saturated rings. The van der Waals surface area contributed by atoms with E-state index in [0.29, 0.717) is 22.9 Å². The summed E-state index contributed by atoms with van der Waals surface area (Å²) in [6, 6.07) is 10.1. The van der Waals surface area contributed by atoms with Crippen LogP contribution in [0.3, 0.4) is 0 Å². The summed E-state index contributed by atoms with van der Waals surface area (Å²) >= 11 is 0. The molecule has 1 heterocycles. The molecular formula is C16H15FO2. The van der Waals surface area contributed by atoms with E-state index in [0.717, 1.165) is 6.42 Å². The van der Waals surface area contributed by atoms with Crippen LogP contribution in [0.5, 0.6) is 0 Å². The molecule has 3 heteroatoms. The largest absolute Gasteiger partial charge is 0.378 e. The van der Waals surface area contributed by atoms with Crippen LogP contribution < -0.4 is 0 Å². The van der Waals surface area contributed by atoms with Crippen LogP contribution in [0.1, 0.15) is 23.7 Å². The first-order valence-corrected chi connectivity index (χ1v) is 6.50. The van der Waals surface area contributed by atoms with Crippen LogP contribution in [0.4, 0.5) is 4.39 Å². The lowest BCUT2D eigenvalue weighted by atomic mass is 9.92. The van der Waals surface area contributed by atoms with Gasteiger partial charge in [-0.3, -0.25) is 4.79 Å². The number of halogens is 1. The smallest absolute Gasteiger partial charge is 0.168 e. The molecule has 0 radical (unpaired) electrons. The van der Waals surface area contributed by atoms with Crippen molar-refractivity contribution >= 4 is 16.6 Å². The van der Waals surface area contributed by atoms with Crippen LogP contribution >= 0.6 is 0 Å². The average Bonchev–Trinajstić information content (AvgIpc) is 2.86. The Kier molecular flexibility index (Phi) is 3.07. The van der Waals surface area contributed by atoms with Crippen molar-refractivity contribution < 1.29 is 13.9 Å². The van der Waals surface area contributed by atoms with Gasteiger partial charge in [-0.05, 0) is 30.9 Å². The van der Waals surface area contributed by atoms with E-state index in [4.69, 9.17) is 4.74 Å². The molecule has 2 aromatic rings. The van der Waals surface area contributed by atoms with Crippen LogP contribution in [0, 0.1) is 11.7 Å².